The first-order valence-electron chi connectivity index (χ1n) is 4.21. The lowest BCUT2D eigenvalue weighted by Gasteiger charge is -2.13. The second-order valence-electron chi connectivity index (χ2n) is 3.52. The fraction of sp³-hybridized carbons (Fsp3) is 0.750. The number of likely N-dealkylation sites (tertiary alicyclic amines) is 1. The van der Waals surface area contributed by atoms with Gasteiger partial charge in [-0.3, -0.25) is 9.59 Å². The molecule has 12 heavy (non-hydrogen) atoms. The van der Waals surface area contributed by atoms with Crippen molar-refractivity contribution in [3.63, 3.8) is 0 Å². The normalized spacial score (nSPS) is 29.5. The van der Waals surface area contributed by atoms with Crippen LogP contribution in [0.4, 0.5) is 0 Å². The zero-order valence-corrected chi connectivity index (χ0v) is 6.69. The largest absolute Gasteiger partial charge is 0.481 e. The van der Waals surface area contributed by atoms with Gasteiger partial charge in [0.05, 0.1) is 5.92 Å². The first-order chi connectivity index (χ1) is 5.68. The van der Waals surface area contributed by atoms with Crippen LogP contribution in [0.5, 0.6) is 0 Å². The Morgan fingerprint density at radius 3 is 2.58 bits per heavy atom. The van der Waals surface area contributed by atoms with Crippen LogP contribution < -0.4 is 0 Å². The molecule has 0 aromatic rings. The molecule has 0 unspecified atom stereocenters. The molecule has 2 rings (SSSR count). The lowest BCUT2D eigenvalue weighted by Crippen LogP contribution is -2.28. The first-order valence-corrected chi connectivity index (χ1v) is 4.21. The highest BCUT2D eigenvalue weighted by molar-refractivity contribution is 5.86. The maximum absolute atomic E-state index is 11.2. The molecule has 1 N–H and O–H groups in total. The Morgan fingerprint density at radius 2 is 2.17 bits per heavy atom. The zero-order chi connectivity index (χ0) is 8.72. The van der Waals surface area contributed by atoms with E-state index in [-0.39, 0.29) is 12.3 Å². The van der Waals surface area contributed by atoms with Crippen LogP contribution in [-0.4, -0.2) is 34.5 Å². The fourth-order valence-electron chi connectivity index (χ4n) is 1.64. The van der Waals surface area contributed by atoms with Crippen LogP contribution >= 0.6 is 0 Å². The summed E-state index contributed by atoms with van der Waals surface area (Å²) in [5.41, 5.74) is 0. The summed E-state index contributed by atoms with van der Waals surface area (Å²) in [4.78, 5) is 23.5. The van der Waals surface area contributed by atoms with E-state index in [1.165, 1.54) is 0 Å². The third kappa shape index (κ3) is 1.17. The third-order valence-electron chi connectivity index (χ3n) is 2.50. The average Bonchev–Trinajstić information content (AvgIpc) is 2.75. The van der Waals surface area contributed by atoms with Crippen molar-refractivity contribution in [2.75, 3.05) is 6.54 Å². The summed E-state index contributed by atoms with van der Waals surface area (Å²) in [6, 6.07) is 0.363. The number of aliphatic carboxylic acids is 1. The van der Waals surface area contributed by atoms with Crippen LogP contribution in [0.2, 0.25) is 0 Å². The van der Waals surface area contributed by atoms with Gasteiger partial charge in [-0.2, -0.15) is 0 Å². The van der Waals surface area contributed by atoms with Crippen LogP contribution in [0.15, 0.2) is 0 Å². The van der Waals surface area contributed by atoms with E-state index in [1.807, 2.05) is 0 Å². The Bertz CT molecular complexity index is 234. The van der Waals surface area contributed by atoms with E-state index < -0.39 is 11.9 Å². The fourth-order valence-corrected chi connectivity index (χ4v) is 1.64. The monoisotopic (exact) mass is 169 g/mol. The molecule has 1 aliphatic heterocycles. The maximum atomic E-state index is 11.2. The van der Waals surface area contributed by atoms with E-state index in [4.69, 9.17) is 5.11 Å². The molecule has 66 valence electrons. The maximum Gasteiger partial charge on any atom is 0.308 e. The quantitative estimate of drug-likeness (QED) is 0.637. The molecule has 1 atom stereocenters. The van der Waals surface area contributed by atoms with E-state index in [0.29, 0.717) is 12.6 Å². The molecule has 1 heterocycles. The van der Waals surface area contributed by atoms with Gasteiger partial charge in [0.2, 0.25) is 5.91 Å². The minimum atomic E-state index is -0.841. The van der Waals surface area contributed by atoms with Gasteiger partial charge in [-0.15, -0.1) is 0 Å². The molecule has 0 bridgehead atoms. The van der Waals surface area contributed by atoms with Gasteiger partial charge in [-0.05, 0) is 12.8 Å². The minimum absolute atomic E-state index is 0.0184. The van der Waals surface area contributed by atoms with Crippen molar-refractivity contribution in [1.82, 2.24) is 4.90 Å². The van der Waals surface area contributed by atoms with Crippen LogP contribution in [0.1, 0.15) is 19.3 Å². The number of carbonyl (C=O) groups is 2. The Labute approximate surface area is 70.2 Å². The van der Waals surface area contributed by atoms with Gasteiger partial charge < -0.3 is 10.0 Å². The van der Waals surface area contributed by atoms with Crippen LogP contribution in [-0.2, 0) is 9.59 Å². The second kappa shape index (κ2) is 2.47. The van der Waals surface area contributed by atoms with E-state index in [9.17, 15) is 9.59 Å². The molecular formula is C8H11NO3. The molecule has 1 saturated heterocycles. The Balaban J connectivity index is 2.01. The standard InChI is InChI=1S/C8H11NO3/c10-7-3-5(8(11)12)4-9(7)6-1-2-6/h5-6H,1-4H2,(H,11,12)/t5-/m0/s1. The highest BCUT2D eigenvalue weighted by atomic mass is 16.4. The number of carboxylic acid groups (broad SMARTS) is 1. The van der Waals surface area contributed by atoms with Crippen molar-refractivity contribution in [2.45, 2.75) is 25.3 Å². The summed E-state index contributed by atoms with van der Waals surface area (Å²) < 4.78 is 0. The molecule has 2 fully saturated rings. The Kier molecular flexibility index (Phi) is 1.56. The number of rotatable bonds is 2. The van der Waals surface area contributed by atoms with E-state index >= 15 is 0 Å². The summed E-state index contributed by atoms with van der Waals surface area (Å²) in [7, 11) is 0. The van der Waals surface area contributed by atoms with Gasteiger partial charge in [-0.1, -0.05) is 0 Å². The summed E-state index contributed by atoms with van der Waals surface area (Å²) in [5, 5.41) is 8.67. The Morgan fingerprint density at radius 1 is 1.50 bits per heavy atom. The van der Waals surface area contributed by atoms with Crippen LogP contribution in [0.3, 0.4) is 0 Å². The van der Waals surface area contributed by atoms with E-state index in [2.05, 4.69) is 0 Å². The predicted octanol–water partition coefficient (Wildman–Crippen LogP) is 0.0819. The van der Waals surface area contributed by atoms with Crippen molar-refractivity contribution in [2.24, 2.45) is 5.92 Å². The average molecular weight is 169 g/mol. The van der Waals surface area contributed by atoms with Gasteiger partial charge in [0.1, 0.15) is 0 Å². The van der Waals surface area contributed by atoms with Crippen molar-refractivity contribution < 1.29 is 14.7 Å². The second-order valence-corrected chi connectivity index (χ2v) is 3.52. The number of carbonyl (C=O) groups excluding carboxylic acids is 1. The van der Waals surface area contributed by atoms with E-state index in [0.717, 1.165) is 12.8 Å². The summed E-state index contributed by atoms with van der Waals surface area (Å²) in [6.07, 6.45) is 2.31. The van der Waals surface area contributed by atoms with Gasteiger partial charge >= 0.3 is 5.97 Å². The molecule has 0 aromatic carbocycles. The van der Waals surface area contributed by atoms with Crippen LogP contribution in [0, 0.1) is 5.92 Å². The number of amides is 1. The van der Waals surface area contributed by atoms with Crippen molar-refractivity contribution in [3.05, 3.63) is 0 Å². The number of hydrogen-bond acceptors (Lipinski definition) is 2. The van der Waals surface area contributed by atoms with Gasteiger partial charge in [0.15, 0.2) is 0 Å². The predicted molar refractivity (Wildman–Crippen MR) is 40.5 cm³/mol. The van der Waals surface area contributed by atoms with Crippen molar-refractivity contribution in [3.8, 4) is 0 Å². The lowest BCUT2D eigenvalue weighted by atomic mass is 10.1. The smallest absolute Gasteiger partial charge is 0.308 e. The number of hydrogen-bond donors (Lipinski definition) is 1. The molecule has 0 aromatic heterocycles. The molecule has 1 aliphatic carbocycles. The van der Waals surface area contributed by atoms with Crippen LogP contribution in [0.25, 0.3) is 0 Å². The molecule has 0 spiro atoms. The molecular weight excluding hydrogens is 158 g/mol. The summed E-state index contributed by atoms with van der Waals surface area (Å²) in [6.45, 7) is 0.429. The zero-order valence-electron chi connectivity index (χ0n) is 6.69. The third-order valence-corrected chi connectivity index (χ3v) is 2.50. The molecule has 1 saturated carbocycles. The summed E-state index contributed by atoms with van der Waals surface area (Å²) in [5.74, 6) is -1.28. The van der Waals surface area contributed by atoms with E-state index in [1.54, 1.807) is 4.90 Å². The number of carboxylic acids is 1. The highest BCUT2D eigenvalue weighted by Gasteiger charge is 2.41. The van der Waals surface area contributed by atoms with Crippen molar-refractivity contribution >= 4 is 11.9 Å². The molecule has 1 amide bonds. The number of nitrogens with zero attached hydrogens (tertiary/aromatic N) is 1. The lowest BCUT2D eigenvalue weighted by molar-refractivity contribution is -0.141. The molecule has 4 nitrogen and oxygen atoms in total. The SMILES string of the molecule is O=C(O)[C@H]1CC(=O)N(C2CC2)C1. The van der Waals surface area contributed by atoms with Crippen molar-refractivity contribution in [1.29, 1.82) is 0 Å². The minimum Gasteiger partial charge on any atom is -0.481 e. The topological polar surface area (TPSA) is 57.6 Å². The van der Waals surface area contributed by atoms with Gasteiger partial charge in [-0.25, -0.2) is 0 Å². The molecule has 2 aliphatic rings. The Hall–Kier alpha value is -1.06. The molecule has 4 heteroatoms. The summed E-state index contributed by atoms with van der Waals surface area (Å²) >= 11 is 0. The van der Waals surface area contributed by atoms with Gasteiger partial charge in [0, 0.05) is 19.0 Å². The first kappa shape index (κ1) is 7.58. The van der Waals surface area contributed by atoms with Gasteiger partial charge in [0.25, 0.3) is 0 Å². The molecule has 0 radical (unpaired) electrons. The highest BCUT2D eigenvalue weighted by Crippen LogP contribution is 2.32.